The van der Waals surface area contributed by atoms with Gasteiger partial charge in [0, 0.05) is 10.6 Å². The summed E-state index contributed by atoms with van der Waals surface area (Å²) in [5, 5.41) is 4.02. The van der Waals surface area contributed by atoms with E-state index in [9.17, 15) is 0 Å². The minimum Gasteiger partial charge on any atom is -0.466 e. The average Bonchev–Trinajstić information content (AvgIpc) is 2.63. The summed E-state index contributed by atoms with van der Waals surface area (Å²) in [5.74, 6) is 1.84. The molecule has 2 aromatic rings. The molecule has 0 bridgehead atoms. The van der Waals surface area contributed by atoms with E-state index in [1.807, 2.05) is 26.0 Å². The lowest BCUT2D eigenvalue weighted by Gasteiger charge is -2.16. The van der Waals surface area contributed by atoms with Crippen LogP contribution < -0.4 is 11.1 Å². The first-order valence-electron chi connectivity index (χ1n) is 5.86. The Bertz CT molecular complexity index is 563. The van der Waals surface area contributed by atoms with Crippen molar-refractivity contribution in [1.29, 1.82) is 0 Å². The molecule has 0 aliphatic rings. The molecule has 0 amide bonds. The van der Waals surface area contributed by atoms with Crippen molar-refractivity contribution in [2.45, 2.75) is 26.8 Å². The molecule has 1 atom stereocenters. The lowest BCUT2D eigenvalue weighted by atomic mass is 10.1. The Morgan fingerprint density at radius 3 is 2.61 bits per heavy atom. The number of nitrogen functional groups attached to an aromatic ring is 1. The predicted molar refractivity (Wildman–Crippen MR) is 76.1 cm³/mol. The van der Waals surface area contributed by atoms with Crippen LogP contribution in [0.4, 0.5) is 11.4 Å². The number of aryl methyl sites for hydroxylation is 2. The van der Waals surface area contributed by atoms with E-state index in [1.165, 1.54) is 0 Å². The van der Waals surface area contributed by atoms with Gasteiger partial charge in [-0.3, -0.25) is 0 Å². The van der Waals surface area contributed by atoms with Crippen LogP contribution in [0.3, 0.4) is 0 Å². The highest BCUT2D eigenvalue weighted by Crippen LogP contribution is 2.29. The van der Waals surface area contributed by atoms with Crippen molar-refractivity contribution in [3.8, 4) is 0 Å². The zero-order valence-electron chi connectivity index (χ0n) is 10.8. The molecule has 0 fully saturated rings. The fourth-order valence-electron chi connectivity index (χ4n) is 2.04. The maximum atomic E-state index is 5.97. The van der Waals surface area contributed by atoms with Gasteiger partial charge in [0.25, 0.3) is 0 Å². The summed E-state index contributed by atoms with van der Waals surface area (Å²) in [6, 6.07) is 7.55. The molecule has 1 unspecified atom stereocenters. The highest BCUT2D eigenvalue weighted by molar-refractivity contribution is 6.31. The zero-order chi connectivity index (χ0) is 13.3. The molecule has 0 aliphatic carbocycles. The summed E-state index contributed by atoms with van der Waals surface area (Å²) < 4.78 is 5.53. The minimum absolute atomic E-state index is 0.114. The molecule has 0 saturated heterocycles. The first kappa shape index (κ1) is 12.8. The van der Waals surface area contributed by atoms with Gasteiger partial charge < -0.3 is 15.5 Å². The second kappa shape index (κ2) is 4.94. The van der Waals surface area contributed by atoms with Crippen LogP contribution in [0.5, 0.6) is 0 Å². The molecule has 4 heteroatoms. The van der Waals surface area contributed by atoms with Gasteiger partial charge in [-0.15, -0.1) is 0 Å². The standard InChI is InChI=1S/C14H17ClN2O/c1-8-6-12(10(3)18-8)9(2)17-14-7-11(15)4-5-13(14)16/h4-7,9,17H,16H2,1-3H3. The Morgan fingerprint density at radius 2 is 2.00 bits per heavy atom. The van der Waals surface area contributed by atoms with Crippen molar-refractivity contribution < 1.29 is 4.42 Å². The molecule has 3 nitrogen and oxygen atoms in total. The Morgan fingerprint density at radius 1 is 1.28 bits per heavy atom. The fourth-order valence-corrected chi connectivity index (χ4v) is 2.22. The number of rotatable bonds is 3. The van der Waals surface area contributed by atoms with E-state index in [4.69, 9.17) is 21.8 Å². The Balaban J connectivity index is 2.23. The van der Waals surface area contributed by atoms with Crippen molar-refractivity contribution >= 4 is 23.0 Å². The molecule has 3 N–H and O–H groups in total. The van der Waals surface area contributed by atoms with Crippen LogP contribution in [-0.2, 0) is 0 Å². The summed E-state index contributed by atoms with van der Waals surface area (Å²) in [6.45, 7) is 5.97. The molecule has 1 heterocycles. The monoisotopic (exact) mass is 264 g/mol. The van der Waals surface area contributed by atoms with Gasteiger partial charge in [-0.25, -0.2) is 0 Å². The zero-order valence-corrected chi connectivity index (χ0v) is 11.5. The van der Waals surface area contributed by atoms with Crippen molar-refractivity contribution in [3.63, 3.8) is 0 Å². The molecule has 2 rings (SSSR count). The second-order valence-corrected chi connectivity index (χ2v) is 4.90. The van der Waals surface area contributed by atoms with Crippen LogP contribution >= 0.6 is 11.6 Å². The number of nitrogens with two attached hydrogens (primary N) is 1. The lowest BCUT2D eigenvalue weighted by molar-refractivity contribution is 0.500. The topological polar surface area (TPSA) is 51.2 Å². The Hall–Kier alpha value is -1.61. The molecule has 1 aromatic heterocycles. The molecule has 1 aromatic carbocycles. The normalized spacial score (nSPS) is 12.4. The summed E-state index contributed by atoms with van der Waals surface area (Å²) in [7, 11) is 0. The molecule has 96 valence electrons. The van der Waals surface area contributed by atoms with Crippen LogP contribution in [-0.4, -0.2) is 0 Å². The number of benzene rings is 1. The smallest absolute Gasteiger partial charge is 0.106 e. The highest BCUT2D eigenvalue weighted by Gasteiger charge is 2.13. The number of anilines is 2. The van der Waals surface area contributed by atoms with Crippen LogP contribution in [0, 0.1) is 13.8 Å². The first-order valence-corrected chi connectivity index (χ1v) is 6.23. The largest absolute Gasteiger partial charge is 0.466 e. The SMILES string of the molecule is Cc1cc(C(C)Nc2cc(Cl)ccc2N)c(C)o1. The van der Waals surface area contributed by atoms with E-state index < -0.39 is 0 Å². The third-order valence-corrected chi connectivity index (χ3v) is 3.17. The average molecular weight is 265 g/mol. The maximum absolute atomic E-state index is 5.97. The summed E-state index contributed by atoms with van der Waals surface area (Å²) >= 11 is 5.97. The van der Waals surface area contributed by atoms with E-state index in [-0.39, 0.29) is 6.04 Å². The van der Waals surface area contributed by atoms with Gasteiger partial charge in [0.15, 0.2) is 0 Å². The molecule has 0 radical (unpaired) electrons. The number of halogens is 1. The predicted octanol–water partition coefficient (Wildman–Crippen LogP) is 4.31. The lowest BCUT2D eigenvalue weighted by Crippen LogP contribution is -2.08. The fraction of sp³-hybridized carbons (Fsp3) is 0.286. The summed E-state index contributed by atoms with van der Waals surface area (Å²) in [4.78, 5) is 0. The van der Waals surface area contributed by atoms with Crippen LogP contribution in [0.15, 0.2) is 28.7 Å². The van der Waals surface area contributed by atoms with Crippen molar-refractivity contribution in [2.75, 3.05) is 11.1 Å². The number of hydrogen-bond donors (Lipinski definition) is 2. The molecule has 0 aliphatic heterocycles. The minimum atomic E-state index is 0.114. The third-order valence-electron chi connectivity index (χ3n) is 2.93. The molecule has 0 saturated carbocycles. The number of furan rings is 1. The second-order valence-electron chi connectivity index (χ2n) is 4.47. The molecular weight excluding hydrogens is 248 g/mol. The summed E-state index contributed by atoms with van der Waals surface area (Å²) in [6.07, 6.45) is 0. The Labute approximate surface area is 112 Å². The van der Waals surface area contributed by atoms with Crippen molar-refractivity contribution in [2.24, 2.45) is 0 Å². The van der Waals surface area contributed by atoms with Gasteiger partial charge in [0.05, 0.1) is 17.4 Å². The highest BCUT2D eigenvalue weighted by atomic mass is 35.5. The summed E-state index contributed by atoms with van der Waals surface area (Å²) in [5.41, 5.74) is 8.57. The van der Waals surface area contributed by atoms with Gasteiger partial charge in [0.1, 0.15) is 11.5 Å². The molecule has 0 spiro atoms. The number of nitrogens with one attached hydrogen (secondary N) is 1. The number of hydrogen-bond acceptors (Lipinski definition) is 3. The van der Waals surface area contributed by atoms with Gasteiger partial charge in [-0.05, 0) is 45.0 Å². The van der Waals surface area contributed by atoms with E-state index in [0.29, 0.717) is 10.7 Å². The van der Waals surface area contributed by atoms with Crippen LogP contribution in [0.1, 0.15) is 30.0 Å². The molecule has 18 heavy (non-hydrogen) atoms. The maximum Gasteiger partial charge on any atom is 0.106 e. The van der Waals surface area contributed by atoms with Gasteiger partial charge in [0.2, 0.25) is 0 Å². The van der Waals surface area contributed by atoms with Crippen LogP contribution in [0.2, 0.25) is 5.02 Å². The Kier molecular flexibility index (Phi) is 3.53. The molecular formula is C14H17ClN2O. The quantitative estimate of drug-likeness (QED) is 0.813. The van der Waals surface area contributed by atoms with Crippen molar-refractivity contribution in [3.05, 3.63) is 46.4 Å². The first-order chi connectivity index (χ1) is 8.47. The van der Waals surface area contributed by atoms with E-state index >= 15 is 0 Å². The van der Waals surface area contributed by atoms with Gasteiger partial charge >= 0.3 is 0 Å². The van der Waals surface area contributed by atoms with Crippen LogP contribution in [0.25, 0.3) is 0 Å². The van der Waals surface area contributed by atoms with E-state index in [2.05, 4.69) is 12.2 Å². The third kappa shape index (κ3) is 2.62. The van der Waals surface area contributed by atoms with Crippen molar-refractivity contribution in [1.82, 2.24) is 0 Å². The van der Waals surface area contributed by atoms with Gasteiger partial charge in [-0.1, -0.05) is 11.6 Å². The van der Waals surface area contributed by atoms with E-state index in [0.717, 1.165) is 22.8 Å². The van der Waals surface area contributed by atoms with Gasteiger partial charge in [-0.2, -0.15) is 0 Å². The van der Waals surface area contributed by atoms with E-state index in [1.54, 1.807) is 12.1 Å².